The van der Waals surface area contributed by atoms with Crippen LogP contribution < -0.4 is 10.6 Å². The Bertz CT molecular complexity index is 3180. The second-order valence-corrected chi connectivity index (χ2v) is 14.3. The quantitative estimate of drug-likeness (QED) is 0.173. The van der Waals surface area contributed by atoms with Crippen LogP contribution in [0.3, 0.4) is 0 Å². The largest absolute Gasteiger partial charge is 0.456 e. The van der Waals surface area contributed by atoms with Gasteiger partial charge in [-0.15, -0.1) is 11.3 Å². The number of para-hydroxylation sites is 2. The third-order valence-electron chi connectivity index (χ3n) is 10.2. The number of thiophene rings is 1. The van der Waals surface area contributed by atoms with E-state index in [9.17, 15) is 0 Å². The zero-order valence-electron chi connectivity index (χ0n) is 27.9. The van der Waals surface area contributed by atoms with E-state index >= 15 is 0 Å². The molecule has 5 nitrogen and oxygen atoms in total. The topological polar surface area (TPSA) is 64.7 Å². The van der Waals surface area contributed by atoms with Crippen LogP contribution in [-0.4, -0.2) is 19.9 Å². The first-order chi connectivity index (χ1) is 25.8. The number of benzene rings is 6. The molecule has 0 atom stereocenters. The van der Waals surface area contributed by atoms with Gasteiger partial charge in [-0.05, 0) is 43.2 Å². The van der Waals surface area contributed by atoms with Gasteiger partial charge in [-0.3, -0.25) is 0 Å². The SMILES string of the molecule is C1=c2oc3ccccc3c2=C(c2nc(-c3ccccc3)nc(-c3cccc4c3sc3ccc5c(-c6ccccc6)nc6ccccc6c5c34)n2)CC1. The molecule has 0 spiro atoms. The van der Waals surface area contributed by atoms with E-state index in [1.54, 1.807) is 11.3 Å². The van der Waals surface area contributed by atoms with Crippen molar-refractivity contribution in [2.75, 3.05) is 0 Å². The molecule has 4 aromatic heterocycles. The fraction of sp³-hybridized carbons (Fsp3) is 0.0435. The minimum Gasteiger partial charge on any atom is -0.456 e. The number of hydrogen-bond acceptors (Lipinski definition) is 6. The van der Waals surface area contributed by atoms with Gasteiger partial charge in [0, 0.05) is 69.2 Å². The molecular formula is C46H28N4OS. The molecule has 0 amide bonds. The molecule has 6 aromatic carbocycles. The summed E-state index contributed by atoms with van der Waals surface area (Å²) in [6, 6.07) is 48.5. The van der Waals surface area contributed by atoms with E-state index in [0.29, 0.717) is 17.5 Å². The van der Waals surface area contributed by atoms with Crippen LogP contribution in [0.15, 0.2) is 144 Å². The van der Waals surface area contributed by atoms with Crippen molar-refractivity contribution in [1.29, 1.82) is 0 Å². The number of fused-ring (bicyclic) bond motifs is 10. The lowest BCUT2D eigenvalue weighted by Gasteiger charge is -2.12. The average molecular weight is 685 g/mol. The molecule has 244 valence electrons. The van der Waals surface area contributed by atoms with Crippen LogP contribution in [0.25, 0.3) is 98.5 Å². The standard InChI is InChI=1S/C46H28N4OS/c1-3-13-27(14-4-1)42-31-25-26-38-41(40(31)29-17-7-9-22-35(29)47-42)32-19-11-21-34(43(32)52-38)46-49-44(28-15-5-2-6-16-28)48-45(50-46)33-20-12-24-37-39(33)30-18-8-10-23-36(30)51-37/h1-11,13-19,21-26H,12,20H2. The van der Waals surface area contributed by atoms with Crippen molar-refractivity contribution in [1.82, 2.24) is 19.9 Å². The number of furan rings is 1. The van der Waals surface area contributed by atoms with Crippen LogP contribution in [0.5, 0.6) is 0 Å². The molecule has 4 heterocycles. The van der Waals surface area contributed by atoms with Crippen LogP contribution in [0, 0.1) is 0 Å². The number of rotatable bonds is 4. The van der Waals surface area contributed by atoms with Gasteiger partial charge in [0.05, 0.1) is 11.2 Å². The van der Waals surface area contributed by atoms with Crippen LogP contribution in [0.1, 0.15) is 18.7 Å². The normalized spacial score (nSPS) is 13.0. The molecule has 0 N–H and O–H groups in total. The lowest BCUT2D eigenvalue weighted by Crippen LogP contribution is -2.27. The molecule has 1 aliphatic carbocycles. The average Bonchev–Trinajstić information content (AvgIpc) is 3.80. The lowest BCUT2D eigenvalue weighted by atomic mass is 9.96. The van der Waals surface area contributed by atoms with E-state index in [0.717, 1.165) is 83.4 Å². The summed E-state index contributed by atoms with van der Waals surface area (Å²) < 4.78 is 8.68. The van der Waals surface area contributed by atoms with Crippen LogP contribution >= 0.6 is 11.3 Å². The summed E-state index contributed by atoms with van der Waals surface area (Å²) in [4.78, 5) is 20.9. The van der Waals surface area contributed by atoms with E-state index in [1.807, 2.05) is 30.3 Å². The number of aromatic nitrogens is 4. The highest BCUT2D eigenvalue weighted by Gasteiger charge is 2.22. The van der Waals surface area contributed by atoms with Gasteiger partial charge < -0.3 is 4.42 Å². The van der Waals surface area contributed by atoms with Crippen molar-refractivity contribution in [3.8, 4) is 34.0 Å². The summed E-state index contributed by atoms with van der Waals surface area (Å²) in [6.07, 6.45) is 3.86. The predicted octanol–water partition coefficient (Wildman–Crippen LogP) is 10.5. The highest BCUT2D eigenvalue weighted by molar-refractivity contribution is 7.26. The summed E-state index contributed by atoms with van der Waals surface area (Å²) in [5.41, 5.74) is 7.89. The lowest BCUT2D eigenvalue weighted by molar-refractivity contribution is 0.571. The molecule has 0 radical (unpaired) electrons. The molecule has 0 saturated carbocycles. The molecule has 6 heteroatoms. The Kier molecular flexibility index (Phi) is 6.48. The summed E-state index contributed by atoms with van der Waals surface area (Å²) in [5, 5.41) is 8.10. The number of hydrogen-bond donors (Lipinski definition) is 0. The first-order valence-electron chi connectivity index (χ1n) is 17.5. The van der Waals surface area contributed by atoms with Crippen molar-refractivity contribution >= 4 is 75.8 Å². The van der Waals surface area contributed by atoms with Gasteiger partial charge >= 0.3 is 0 Å². The second kappa shape index (κ2) is 11.5. The van der Waals surface area contributed by atoms with E-state index in [1.165, 1.54) is 20.9 Å². The Morgan fingerprint density at radius 1 is 0.519 bits per heavy atom. The van der Waals surface area contributed by atoms with Crippen molar-refractivity contribution in [2.45, 2.75) is 12.8 Å². The predicted molar refractivity (Wildman–Crippen MR) is 214 cm³/mol. The van der Waals surface area contributed by atoms with E-state index in [-0.39, 0.29) is 0 Å². The molecule has 10 aromatic rings. The first-order valence-corrected chi connectivity index (χ1v) is 18.4. The summed E-state index contributed by atoms with van der Waals surface area (Å²) >= 11 is 1.80. The minimum absolute atomic E-state index is 0.658. The third-order valence-corrected chi connectivity index (χ3v) is 11.4. The van der Waals surface area contributed by atoms with Gasteiger partial charge in [0.15, 0.2) is 17.5 Å². The monoisotopic (exact) mass is 684 g/mol. The third kappa shape index (κ3) is 4.48. The Balaban J connectivity index is 1.21. The maximum absolute atomic E-state index is 6.32. The molecule has 0 unspecified atom stereocenters. The molecule has 0 aliphatic heterocycles. The molecular weight excluding hydrogens is 657 g/mol. The zero-order valence-corrected chi connectivity index (χ0v) is 28.7. The number of pyridine rings is 1. The van der Waals surface area contributed by atoms with Crippen LogP contribution in [0.2, 0.25) is 0 Å². The Hall–Kier alpha value is -6.50. The highest BCUT2D eigenvalue weighted by Crippen LogP contribution is 2.45. The number of nitrogens with zero attached hydrogens (tertiary/aromatic N) is 4. The maximum atomic E-state index is 6.32. The fourth-order valence-corrected chi connectivity index (χ4v) is 9.10. The van der Waals surface area contributed by atoms with Gasteiger partial charge in [0.25, 0.3) is 0 Å². The van der Waals surface area contributed by atoms with Crippen molar-refractivity contribution < 1.29 is 4.42 Å². The van der Waals surface area contributed by atoms with Gasteiger partial charge in [0.2, 0.25) is 0 Å². The molecule has 11 rings (SSSR count). The van der Waals surface area contributed by atoms with Crippen LogP contribution in [-0.2, 0) is 0 Å². The van der Waals surface area contributed by atoms with E-state index in [4.69, 9.17) is 24.4 Å². The Labute approximate surface area is 301 Å². The van der Waals surface area contributed by atoms with Gasteiger partial charge in [-0.1, -0.05) is 115 Å². The maximum Gasteiger partial charge on any atom is 0.165 e. The molecule has 0 bridgehead atoms. The Morgan fingerprint density at radius 2 is 1.23 bits per heavy atom. The van der Waals surface area contributed by atoms with Crippen molar-refractivity contribution in [3.05, 3.63) is 156 Å². The smallest absolute Gasteiger partial charge is 0.165 e. The van der Waals surface area contributed by atoms with E-state index in [2.05, 4.69) is 115 Å². The first kappa shape index (κ1) is 29.3. The van der Waals surface area contributed by atoms with Crippen molar-refractivity contribution in [3.63, 3.8) is 0 Å². The van der Waals surface area contributed by atoms with Gasteiger partial charge in [-0.25, -0.2) is 19.9 Å². The van der Waals surface area contributed by atoms with Crippen LogP contribution in [0.4, 0.5) is 0 Å². The summed E-state index contributed by atoms with van der Waals surface area (Å²) in [7, 11) is 0. The molecule has 52 heavy (non-hydrogen) atoms. The van der Waals surface area contributed by atoms with Gasteiger partial charge in [0.1, 0.15) is 11.0 Å². The van der Waals surface area contributed by atoms with Gasteiger partial charge in [-0.2, -0.15) is 0 Å². The summed E-state index contributed by atoms with van der Waals surface area (Å²) in [6.45, 7) is 0. The molecule has 0 saturated heterocycles. The zero-order chi connectivity index (χ0) is 34.2. The van der Waals surface area contributed by atoms with Crippen molar-refractivity contribution in [2.24, 2.45) is 0 Å². The van der Waals surface area contributed by atoms with E-state index < -0.39 is 0 Å². The summed E-state index contributed by atoms with van der Waals surface area (Å²) in [5.74, 6) is 2.02. The molecule has 0 fully saturated rings. The highest BCUT2D eigenvalue weighted by atomic mass is 32.1. The fourth-order valence-electron chi connectivity index (χ4n) is 7.89. The Morgan fingerprint density at radius 3 is 2.10 bits per heavy atom. The minimum atomic E-state index is 0.658. The molecule has 1 aliphatic rings. The second-order valence-electron chi connectivity index (χ2n) is 13.2.